The maximum absolute atomic E-state index is 11.1. The Morgan fingerprint density at radius 3 is 3.06 bits per heavy atom. The lowest BCUT2D eigenvalue weighted by molar-refractivity contribution is 0.0995. The molecule has 0 radical (unpaired) electrons. The molecule has 5 heteroatoms. The van der Waals surface area contributed by atoms with E-state index in [0.29, 0.717) is 13.0 Å². The molecule has 0 aliphatic carbocycles. The van der Waals surface area contributed by atoms with E-state index >= 15 is 0 Å². The Bertz CT molecular complexity index is 589. The third-order valence-electron chi connectivity index (χ3n) is 2.74. The van der Waals surface area contributed by atoms with Crippen molar-refractivity contribution < 1.29 is 9.53 Å². The second-order valence-electron chi connectivity index (χ2n) is 3.86. The molecular formula is C12H11N3O2. The maximum atomic E-state index is 11.1. The van der Waals surface area contributed by atoms with E-state index in [0.717, 1.165) is 17.1 Å². The molecule has 2 aromatic rings. The number of fused-ring (bicyclic) bond motifs is 3. The summed E-state index contributed by atoms with van der Waals surface area (Å²) >= 11 is 0. The Kier molecular flexibility index (Phi) is 2.11. The fraction of sp³-hybridized carbons (Fsp3) is 0.167. The molecule has 0 bridgehead atoms. The highest BCUT2D eigenvalue weighted by molar-refractivity contribution is 5.90. The Labute approximate surface area is 97.8 Å². The first kappa shape index (κ1) is 9.89. The molecule has 0 unspecified atom stereocenters. The van der Waals surface area contributed by atoms with Crippen molar-refractivity contribution in [1.82, 2.24) is 9.78 Å². The number of primary amides is 1. The summed E-state index contributed by atoms with van der Waals surface area (Å²) in [5.41, 5.74) is 7.30. The first-order valence-corrected chi connectivity index (χ1v) is 5.36. The fourth-order valence-corrected chi connectivity index (χ4v) is 1.95. The van der Waals surface area contributed by atoms with E-state index in [1.54, 1.807) is 10.7 Å². The van der Waals surface area contributed by atoms with Gasteiger partial charge in [0.25, 0.3) is 5.91 Å². The van der Waals surface area contributed by atoms with Gasteiger partial charge in [-0.25, -0.2) is 4.68 Å². The number of hydrogen-bond donors (Lipinski definition) is 1. The van der Waals surface area contributed by atoms with Crippen LogP contribution in [0.15, 0.2) is 30.3 Å². The summed E-state index contributed by atoms with van der Waals surface area (Å²) in [5, 5.41) is 4.21. The van der Waals surface area contributed by atoms with Crippen molar-refractivity contribution >= 4 is 5.91 Å². The van der Waals surface area contributed by atoms with Crippen molar-refractivity contribution in [2.24, 2.45) is 5.73 Å². The van der Waals surface area contributed by atoms with Crippen molar-refractivity contribution in [2.75, 3.05) is 6.61 Å². The van der Waals surface area contributed by atoms with Gasteiger partial charge in [0.1, 0.15) is 11.4 Å². The summed E-state index contributed by atoms with van der Waals surface area (Å²) in [5.74, 6) is 0.259. The molecule has 3 rings (SSSR count). The number of nitrogens with two attached hydrogens (primary N) is 1. The van der Waals surface area contributed by atoms with Crippen LogP contribution in [0.4, 0.5) is 0 Å². The maximum Gasteiger partial charge on any atom is 0.269 e. The molecule has 0 spiro atoms. The number of benzene rings is 1. The predicted molar refractivity (Wildman–Crippen MR) is 61.3 cm³/mol. The summed E-state index contributed by atoms with van der Waals surface area (Å²) < 4.78 is 7.34. The number of aromatic nitrogens is 2. The second kappa shape index (κ2) is 3.62. The SMILES string of the molecule is NC(=O)c1cc2n(n1)-c1ccccc1OCC2. The molecule has 1 amide bonds. The quantitative estimate of drug-likeness (QED) is 0.790. The standard InChI is InChI=1S/C12H11N3O2/c13-12(16)9-7-8-5-6-17-11-4-2-1-3-10(11)15(8)14-9/h1-4,7H,5-6H2,(H2,13,16). The molecule has 0 fully saturated rings. The number of rotatable bonds is 1. The fourth-order valence-electron chi connectivity index (χ4n) is 1.95. The van der Waals surface area contributed by atoms with Gasteiger partial charge < -0.3 is 10.5 Å². The number of para-hydroxylation sites is 2. The van der Waals surface area contributed by atoms with E-state index in [1.807, 2.05) is 24.3 Å². The van der Waals surface area contributed by atoms with Crippen molar-refractivity contribution in [3.8, 4) is 11.4 Å². The van der Waals surface area contributed by atoms with Gasteiger partial charge in [-0.05, 0) is 18.2 Å². The molecule has 1 aromatic heterocycles. The van der Waals surface area contributed by atoms with E-state index in [-0.39, 0.29) is 5.69 Å². The minimum absolute atomic E-state index is 0.289. The summed E-state index contributed by atoms with van der Waals surface area (Å²) in [7, 11) is 0. The van der Waals surface area contributed by atoms with Crippen LogP contribution in [0.1, 0.15) is 16.2 Å². The van der Waals surface area contributed by atoms with Crippen molar-refractivity contribution in [2.45, 2.75) is 6.42 Å². The van der Waals surface area contributed by atoms with Crippen LogP contribution in [-0.4, -0.2) is 22.3 Å². The number of hydrogen-bond acceptors (Lipinski definition) is 3. The van der Waals surface area contributed by atoms with Crippen LogP contribution >= 0.6 is 0 Å². The van der Waals surface area contributed by atoms with E-state index in [2.05, 4.69) is 5.10 Å². The van der Waals surface area contributed by atoms with Gasteiger partial charge in [0.15, 0.2) is 5.69 Å². The predicted octanol–water partition coefficient (Wildman–Crippen LogP) is 0.906. The monoisotopic (exact) mass is 229 g/mol. The topological polar surface area (TPSA) is 70.1 Å². The molecule has 5 nitrogen and oxygen atoms in total. The summed E-state index contributed by atoms with van der Waals surface area (Å²) in [6.07, 6.45) is 0.703. The number of amides is 1. The highest BCUT2D eigenvalue weighted by atomic mass is 16.5. The molecule has 2 N–H and O–H groups in total. The molecule has 1 aliphatic rings. The normalized spacial score (nSPS) is 13.2. The smallest absolute Gasteiger partial charge is 0.269 e. The molecule has 0 saturated carbocycles. The molecule has 2 heterocycles. The van der Waals surface area contributed by atoms with Crippen LogP contribution in [0.3, 0.4) is 0 Å². The van der Waals surface area contributed by atoms with Crippen molar-refractivity contribution in [3.63, 3.8) is 0 Å². The van der Waals surface area contributed by atoms with E-state index in [4.69, 9.17) is 10.5 Å². The van der Waals surface area contributed by atoms with Crippen LogP contribution in [0, 0.1) is 0 Å². The van der Waals surface area contributed by atoms with Crippen molar-refractivity contribution in [1.29, 1.82) is 0 Å². The minimum atomic E-state index is -0.510. The molecule has 0 atom stereocenters. The number of ether oxygens (including phenoxy) is 1. The second-order valence-corrected chi connectivity index (χ2v) is 3.86. The molecule has 1 aliphatic heterocycles. The van der Waals surface area contributed by atoms with Crippen LogP contribution in [0.5, 0.6) is 5.75 Å². The average molecular weight is 229 g/mol. The third kappa shape index (κ3) is 1.56. The van der Waals surface area contributed by atoms with Gasteiger partial charge in [-0.3, -0.25) is 4.79 Å². The van der Waals surface area contributed by atoms with Crippen molar-refractivity contribution in [3.05, 3.63) is 41.7 Å². The first-order valence-electron chi connectivity index (χ1n) is 5.36. The lowest BCUT2D eigenvalue weighted by atomic mass is 10.2. The first-order chi connectivity index (χ1) is 8.25. The highest BCUT2D eigenvalue weighted by Gasteiger charge is 2.18. The molecular weight excluding hydrogens is 218 g/mol. The number of carbonyl (C=O) groups is 1. The van der Waals surface area contributed by atoms with Crippen LogP contribution in [0.25, 0.3) is 5.69 Å². The van der Waals surface area contributed by atoms with Gasteiger partial charge >= 0.3 is 0 Å². The van der Waals surface area contributed by atoms with Crippen LogP contribution in [-0.2, 0) is 6.42 Å². The molecule has 1 aromatic carbocycles. The van der Waals surface area contributed by atoms with Crippen LogP contribution in [0.2, 0.25) is 0 Å². The molecule has 0 saturated heterocycles. The van der Waals surface area contributed by atoms with Gasteiger partial charge in [0, 0.05) is 12.1 Å². The average Bonchev–Trinajstić information content (AvgIpc) is 2.67. The van der Waals surface area contributed by atoms with Gasteiger partial charge in [-0.2, -0.15) is 5.10 Å². The lowest BCUT2D eigenvalue weighted by Gasteiger charge is -2.06. The van der Waals surface area contributed by atoms with E-state index in [1.165, 1.54) is 0 Å². The van der Waals surface area contributed by atoms with Gasteiger partial charge in [0.2, 0.25) is 0 Å². The Hall–Kier alpha value is -2.30. The van der Waals surface area contributed by atoms with Crippen LogP contribution < -0.4 is 10.5 Å². The zero-order chi connectivity index (χ0) is 11.8. The van der Waals surface area contributed by atoms with Gasteiger partial charge in [0.05, 0.1) is 6.61 Å². The third-order valence-corrected chi connectivity index (χ3v) is 2.74. The number of carbonyl (C=O) groups excluding carboxylic acids is 1. The molecule has 86 valence electrons. The summed E-state index contributed by atoms with van der Waals surface area (Å²) in [6, 6.07) is 9.32. The van der Waals surface area contributed by atoms with E-state index in [9.17, 15) is 4.79 Å². The highest BCUT2D eigenvalue weighted by Crippen LogP contribution is 2.26. The van der Waals surface area contributed by atoms with Gasteiger partial charge in [-0.1, -0.05) is 12.1 Å². The Morgan fingerprint density at radius 1 is 1.41 bits per heavy atom. The zero-order valence-electron chi connectivity index (χ0n) is 9.09. The lowest BCUT2D eigenvalue weighted by Crippen LogP contribution is -2.12. The summed E-state index contributed by atoms with van der Waals surface area (Å²) in [6.45, 7) is 0.570. The minimum Gasteiger partial charge on any atom is -0.491 e. The largest absolute Gasteiger partial charge is 0.491 e. The van der Waals surface area contributed by atoms with Gasteiger partial charge in [-0.15, -0.1) is 0 Å². The zero-order valence-corrected chi connectivity index (χ0v) is 9.09. The molecule has 17 heavy (non-hydrogen) atoms. The Balaban J connectivity index is 2.21. The number of nitrogens with zero attached hydrogens (tertiary/aromatic N) is 2. The van der Waals surface area contributed by atoms with E-state index < -0.39 is 5.91 Å². The summed E-state index contributed by atoms with van der Waals surface area (Å²) in [4.78, 5) is 11.1. The Morgan fingerprint density at radius 2 is 2.24 bits per heavy atom.